The highest BCUT2D eigenvalue weighted by molar-refractivity contribution is 7.80. The quantitative estimate of drug-likeness (QED) is 0.333. The Balaban J connectivity index is 1.67. The third kappa shape index (κ3) is 6.48. The van der Waals surface area contributed by atoms with Gasteiger partial charge in [0.1, 0.15) is 5.75 Å². The van der Waals surface area contributed by atoms with Crippen LogP contribution in [0.5, 0.6) is 5.75 Å². The molecular weight excluding hydrogens is 354 g/mol. The lowest BCUT2D eigenvalue weighted by Crippen LogP contribution is -2.34. The van der Waals surface area contributed by atoms with Gasteiger partial charge in [0.15, 0.2) is 5.11 Å². The van der Waals surface area contributed by atoms with Gasteiger partial charge >= 0.3 is 0 Å². The number of nitro groups is 1. The molecule has 136 valence electrons. The van der Waals surface area contributed by atoms with Crippen LogP contribution in [0.4, 0.5) is 11.4 Å². The summed E-state index contributed by atoms with van der Waals surface area (Å²) in [6, 6.07) is 13.5. The number of nitrogens with zero attached hydrogens (tertiary/aromatic N) is 1. The van der Waals surface area contributed by atoms with Crippen molar-refractivity contribution < 1.29 is 14.5 Å². The number of aryl methyl sites for hydroxylation is 1. The smallest absolute Gasteiger partial charge is 0.269 e. The number of amides is 1. The van der Waals surface area contributed by atoms with Gasteiger partial charge in [-0.2, -0.15) is 0 Å². The van der Waals surface area contributed by atoms with Crippen LogP contribution in [0.15, 0.2) is 48.5 Å². The molecule has 0 fully saturated rings. The van der Waals surface area contributed by atoms with Crippen LogP contribution < -0.4 is 15.4 Å². The van der Waals surface area contributed by atoms with E-state index >= 15 is 0 Å². The third-order valence-electron chi connectivity index (χ3n) is 3.43. The number of anilines is 1. The molecule has 0 heterocycles. The van der Waals surface area contributed by atoms with Crippen LogP contribution in [0.2, 0.25) is 0 Å². The first-order valence-corrected chi connectivity index (χ1v) is 8.39. The van der Waals surface area contributed by atoms with Crippen molar-refractivity contribution in [1.82, 2.24) is 5.32 Å². The van der Waals surface area contributed by atoms with Gasteiger partial charge in [0.05, 0.1) is 11.5 Å². The van der Waals surface area contributed by atoms with Crippen LogP contribution in [-0.4, -0.2) is 22.5 Å². The second-order valence-corrected chi connectivity index (χ2v) is 5.98. The van der Waals surface area contributed by atoms with Gasteiger partial charge in [-0.05, 0) is 49.8 Å². The number of non-ortho nitro benzene ring substituents is 1. The van der Waals surface area contributed by atoms with E-state index in [1.807, 2.05) is 31.2 Å². The minimum absolute atomic E-state index is 0.0147. The molecule has 0 spiro atoms. The maximum atomic E-state index is 11.9. The second-order valence-electron chi connectivity index (χ2n) is 5.57. The molecule has 2 rings (SSSR count). The second kappa shape index (κ2) is 9.47. The Hall–Kier alpha value is -3.00. The maximum Gasteiger partial charge on any atom is 0.269 e. The number of ether oxygens (including phenoxy) is 1. The molecule has 1 amide bonds. The van der Waals surface area contributed by atoms with Gasteiger partial charge in [-0.1, -0.05) is 17.7 Å². The zero-order chi connectivity index (χ0) is 18.9. The first-order valence-electron chi connectivity index (χ1n) is 7.99. The van der Waals surface area contributed by atoms with E-state index in [-0.39, 0.29) is 23.1 Å². The number of nitrogens with one attached hydrogen (secondary N) is 2. The van der Waals surface area contributed by atoms with Crippen molar-refractivity contribution in [3.63, 3.8) is 0 Å². The Morgan fingerprint density at radius 1 is 1.15 bits per heavy atom. The number of rotatable bonds is 7. The van der Waals surface area contributed by atoms with Gasteiger partial charge in [-0.25, -0.2) is 0 Å². The standard InChI is InChI=1S/C18H19N3O4S/c1-13-4-10-16(11-5-13)25-12-2-3-17(22)20-18(26)19-14-6-8-15(9-7-14)21(23)24/h4-11H,2-3,12H2,1H3,(H2,19,20,22,26). The average Bonchev–Trinajstić information content (AvgIpc) is 2.60. The Morgan fingerprint density at radius 3 is 2.42 bits per heavy atom. The molecule has 0 aliphatic carbocycles. The molecule has 0 aliphatic heterocycles. The first kappa shape index (κ1) is 19.3. The molecule has 0 aliphatic rings. The summed E-state index contributed by atoms with van der Waals surface area (Å²) in [5.41, 5.74) is 1.70. The van der Waals surface area contributed by atoms with E-state index in [0.717, 1.165) is 11.3 Å². The van der Waals surface area contributed by atoms with Gasteiger partial charge in [0, 0.05) is 24.2 Å². The Morgan fingerprint density at radius 2 is 1.81 bits per heavy atom. The minimum atomic E-state index is -0.484. The van der Waals surface area contributed by atoms with Crippen molar-refractivity contribution in [2.45, 2.75) is 19.8 Å². The fourth-order valence-electron chi connectivity index (χ4n) is 2.08. The lowest BCUT2D eigenvalue weighted by molar-refractivity contribution is -0.384. The normalized spacial score (nSPS) is 10.0. The molecule has 0 radical (unpaired) electrons. The fraction of sp³-hybridized carbons (Fsp3) is 0.222. The van der Waals surface area contributed by atoms with Crippen molar-refractivity contribution in [3.05, 3.63) is 64.2 Å². The number of nitro benzene ring substituents is 1. The van der Waals surface area contributed by atoms with E-state index in [1.165, 1.54) is 24.3 Å². The monoisotopic (exact) mass is 373 g/mol. The molecule has 7 nitrogen and oxygen atoms in total. The average molecular weight is 373 g/mol. The number of carbonyl (C=O) groups excluding carboxylic acids is 1. The highest BCUT2D eigenvalue weighted by Gasteiger charge is 2.07. The zero-order valence-electron chi connectivity index (χ0n) is 14.2. The van der Waals surface area contributed by atoms with E-state index < -0.39 is 4.92 Å². The Bertz CT molecular complexity index is 776. The molecule has 8 heteroatoms. The van der Waals surface area contributed by atoms with Crippen LogP contribution in [0, 0.1) is 17.0 Å². The number of hydrogen-bond acceptors (Lipinski definition) is 5. The summed E-state index contributed by atoms with van der Waals surface area (Å²) in [6.07, 6.45) is 0.827. The molecule has 0 saturated carbocycles. The van der Waals surface area contributed by atoms with Gasteiger partial charge < -0.3 is 15.4 Å². The highest BCUT2D eigenvalue weighted by atomic mass is 32.1. The lowest BCUT2D eigenvalue weighted by atomic mass is 10.2. The number of hydrogen-bond donors (Lipinski definition) is 2. The minimum Gasteiger partial charge on any atom is -0.494 e. The number of carbonyl (C=O) groups is 1. The van der Waals surface area contributed by atoms with Crippen LogP contribution in [-0.2, 0) is 4.79 Å². The van der Waals surface area contributed by atoms with Gasteiger partial charge in [-0.15, -0.1) is 0 Å². The summed E-state index contributed by atoms with van der Waals surface area (Å²) in [6.45, 7) is 2.43. The van der Waals surface area contributed by atoms with Gasteiger partial charge in [-0.3, -0.25) is 14.9 Å². The molecule has 0 unspecified atom stereocenters. The molecule has 2 aromatic carbocycles. The zero-order valence-corrected chi connectivity index (χ0v) is 15.0. The third-order valence-corrected chi connectivity index (χ3v) is 3.63. The van der Waals surface area contributed by atoms with Crippen LogP contribution >= 0.6 is 12.2 Å². The summed E-state index contributed by atoms with van der Waals surface area (Å²) >= 11 is 5.06. The van der Waals surface area contributed by atoms with Crippen LogP contribution in [0.1, 0.15) is 18.4 Å². The van der Waals surface area contributed by atoms with Crippen LogP contribution in [0.3, 0.4) is 0 Å². The summed E-state index contributed by atoms with van der Waals surface area (Å²) < 4.78 is 5.56. The van der Waals surface area contributed by atoms with Gasteiger partial charge in [0.2, 0.25) is 5.91 Å². The molecule has 26 heavy (non-hydrogen) atoms. The lowest BCUT2D eigenvalue weighted by Gasteiger charge is -2.10. The Labute approximate surface area is 156 Å². The summed E-state index contributed by atoms with van der Waals surface area (Å²) in [4.78, 5) is 22.0. The van der Waals surface area contributed by atoms with E-state index in [2.05, 4.69) is 10.6 Å². The summed E-state index contributed by atoms with van der Waals surface area (Å²) in [5, 5.41) is 16.1. The maximum absolute atomic E-state index is 11.9. The SMILES string of the molecule is Cc1ccc(OCCCC(=O)NC(=S)Nc2ccc([N+](=O)[O-])cc2)cc1. The molecule has 0 aromatic heterocycles. The van der Waals surface area contributed by atoms with Gasteiger partial charge in [0.25, 0.3) is 5.69 Å². The predicted molar refractivity (Wildman–Crippen MR) is 103 cm³/mol. The fourth-order valence-corrected chi connectivity index (χ4v) is 2.31. The highest BCUT2D eigenvalue weighted by Crippen LogP contribution is 2.15. The van der Waals surface area contributed by atoms with Crippen molar-refractivity contribution in [2.75, 3.05) is 11.9 Å². The first-order chi connectivity index (χ1) is 12.4. The Kier molecular flexibility index (Phi) is 7.04. The molecule has 0 saturated heterocycles. The molecule has 2 aromatic rings. The molecule has 2 N–H and O–H groups in total. The van der Waals surface area contributed by atoms with Crippen molar-refractivity contribution in [1.29, 1.82) is 0 Å². The number of thiocarbonyl (C=S) groups is 1. The molecule has 0 atom stereocenters. The van der Waals surface area contributed by atoms with Crippen molar-refractivity contribution in [3.8, 4) is 5.75 Å². The van der Waals surface area contributed by atoms with E-state index in [1.54, 1.807) is 0 Å². The van der Waals surface area contributed by atoms with E-state index in [9.17, 15) is 14.9 Å². The molecular formula is C18H19N3O4S. The summed E-state index contributed by atoms with van der Waals surface area (Å²) in [7, 11) is 0. The van der Waals surface area contributed by atoms with Crippen LogP contribution in [0.25, 0.3) is 0 Å². The van der Waals surface area contributed by atoms with E-state index in [4.69, 9.17) is 17.0 Å². The molecule has 0 bridgehead atoms. The number of benzene rings is 2. The largest absolute Gasteiger partial charge is 0.494 e. The van der Waals surface area contributed by atoms with Crippen molar-refractivity contribution >= 4 is 34.6 Å². The van der Waals surface area contributed by atoms with E-state index in [0.29, 0.717) is 18.7 Å². The summed E-state index contributed by atoms with van der Waals surface area (Å²) in [5.74, 6) is 0.545. The predicted octanol–water partition coefficient (Wildman–Crippen LogP) is 3.58. The van der Waals surface area contributed by atoms with Crippen molar-refractivity contribution in [2.24, 2.45) is 0 Å². The topological polar surface area (TPSA) is 93.5 Å².